The van der Waals surface area contributed by atoms with Crippen LogP contribution in [0.3, 0.4) is 0 Å². The van der Waals surface area contributed by atoms with Crippen molar-refractivity contribution in [1.29, 1.82) is 5.26 Å². The molecule has 1 fully saturated rings. The molecule has 15 heavy (non-hydrogen) atoms. The summed E-state index contributed by atoms with van der Waals surface area (Å²) in [6.45, 7) is 6.53. The van der Waals surface area contributed by atoms with Gasteiger partial charge in [-0.3, -0.25) is 0 Å². The Balaban J connectivity index is 2.25. The number of hydrogen-bond acceptors (Lipinski definition) is 2. The highest BCUT2D eigenvalue weighted by Crippen LogP contribution is 2.47. The number of rotatable bonds is 2. The molecule has 0 aliphatic heterocycles. The average Bonchev–Trinajstić information content (AvgIpc) is 2.77. The van der Waals surface area contributed by atoms with E-state index in [9.17, 15) is 0 Å². The molecule has 0 amide bonds. The van der Waals surface area contributed by atoms with Crippen molar-refractivity contribution in [2.75, 3.05) is 5.32 Å². The second-order valence-corrected chi connectivity index (χ2v) is 5.00. The fourth-order valence-corrected chi connectivity index (χ4v) is 1.84. The maximum absolute atomic E-state index is 9.02. The third-order valence-electron chi connectivity index (χ3n) is 3.23. The Morgan fingerprint density at radius 1 is 1.47 bits per heavy atom. The van der Waals surface area contributed by atoms with E-state index in [2.05, 4.69) is 25.2 Å². The van der Waals surface area contributed by atoms with Crippen molar-refractivity contribution in [2.24, 2.45) is 5.41 Å². The van der Waals surface area contributed by atoms with Crippen molar-refractivity contribution in [3.63, 3.8) is 0 Å². The van der Waals surface area contributed by atoms with Gasteiger partial charge in [-0.25, -0.2) is 0 Å². The molecule has 2 nitrogen and oxygen atoms in total. The molecule has 1 unspecified atom stereocenters. The number of nitrogens with one attached hydrogen (secondary N) is 1. The first kappa shape index (κ1) is 10.0. The quantitative estimate of drug-likeness (QED) is 0.796. The third-order valence-corrected chi connectivity index (χ3v) is 3.23. The lowest BCUT2D eigenvalue weighted by Crippen LogP contribution is -2.10. The summed E-state index contributed by atoms with van der Waals surface area (Å²) in [5, 5.41) is 12.5. The molecule has 0 bridgehead atoms. The zero-order valence-corrected chi connectivity index (χ0v) is 9.46. The van der Waals surface area contributed by atoms with Gasteiger partial charge >= 0.3 is 0 Å². The molecule has 2 heteroatoms. The first-order chi connectivity index (χ1) is 7.04. The lowest BCUT2D eigenvalue weighted by Gasteiger charge is -2.12. The molecule has 1 aromatic rings. The summed E-state index contributed by atoms with van der Waals surface area (Å²) in [5.41, 5.74) is 3.29. The summed E-state index contributed by atoms with van der Waals surface area (Å²) >= 11 is 0. The highest BCUT2D eigenvalue weighted by molar-refractivity contribution is 5.63. The molecular formula is C13H16N2. The normalized spacial score (nSPS) is 21.9. The van der Waals surface area contributed by atoms with Gasteiger partial charge < -0.3 is 5.32 Å². The molecule has 0 saturated heterocycles. The van der Waals surface area contributed by atoms with Gasteiger partial charge in [0.25, 0.3) is 0 Å². The monoisotopic (exact) mass is 200 g/mol. The van der Waals surface area contributed by atoms with Crippen molar-refractivity contribution < 1.29 is 0 Å². The summed E-state index contributed by atoms with van der Waals surface area (Å²) in [4.78, 5) is 0. The first-order valence-electron chi connectivity index (χ1n) is 5.31. The number of nitriles is 1. The SMILES string of the molecule is Cc1cccc(C#N)c1NC1CC1(C)C. The summed E-state index contributed by atoms with van der Waals surface area (Å²) in [6, 6.07) is 8.59. The Morgan fingerprint density at radius 3 is 2.67 bits per heavy atom. The Labute approximate surface area is 90.9 Å². The van der Waals surface area contributed by atoms with E-state index >= 15 is 0 Å². The van der Waals surface area contributed by atoms with Gasteiger partial charge in [-0.05, 0) is 30.4 Å². The predicted molar refractivity (Wildman–Crippen MR) is 61.7 cm³/mol. The average molecular weight is 200 g/mol. The fraction of sp³-hybridized carbons (Fsp3) is 0.462. The molecule has 1 aliphatic rings. The third kappa shape index (κ3) is 1.83. The number of hydrogen-bond donors (Lipinski definition) is 1. The van der Waals surface area contributed by atoms with Crippen LogP contribution in [0.1, 0.15) is 31.4 Å². The van der Waals surface area contributed by atoms with E-state index in [1.807, 2.05) is 25.1 Å². The van der Waals surface area contributed by atoms with Crippen molar-refractivity contribution in [1.82, 2.24) is 0 Å². The van der Waals surface area contributed by atoms with Gasteiger partial charge in [0.2, 0.25) is 0 Å². The number of aryl methyl sites for hydroxylation is 1. The minimum Gasteiger partial charge on any atom is -0.380 e. The lowest BCUT2D eigenvalue weighted by molar-refractivity contribution is 0.630. The van der Waals surface area contributed by atoms with Crippen LogP contribution < -0.4 is 5.32 Å². The van der Waals surface area contributed by atoms with Crippen LogP contribution in [-0.2, 0) is 0 Å². The lowest BCUT2D eigenvalue weighted by atomic mass is 10.1. The second kappa shape index (κ2) is 3.27. The minimum atomic E-state index is 0.384. The zero-order chi connectivity index (χ0) is 11.1. The maximum Gasteiger partial charge on any atom is 0.101 e. The summed E-state index contributed by atoms with van der Waals surface area (Å²) in [7, 11) is 0. The van der Waals surface area contributed by atoms with Gasteiger partial charge in [0, 0.05) is 6.04 Å². The molecule has 1 atom stereocenters. The van der Waals surface area contributed by atoms with E-state index in [-0.39, 0.29) is 0 Å². The largest absolute Gasteiger partial charge is 0.380 e. The van der Waals surface area contributed by atoms with Crippen molar-refractivity contribution in [3.8, 4) is 6.07 Å². The smallest absolute Gasteiger partial charge is 0.101 e. The van der Waals surface area contributed by atoms with E-state index in [4.69, 9.17) is 5.26 Å². The molecule has 0 aromatic heterocycles. The van der Waals surface area contributed by atoms with Crippen molar-refractivity contribution in [3.05, 3.63) is 29.3 Å². The molecule has 1 aromatic carbocycles. The molecule has 2 rings (SSSR count). The van der Waals surface area contributed by atoms with Gasteiger partial charge in [-0.2, -0.15) is 5.26 Å². The highest BCUT2D eigenvalue weighted by Gasteiger charge is 2.45. The van der Waals surface area contributed by atoms with Crippen LogP contribution in [0.25, 0.3) is 0 Å². The van der Waals surface area contributed by atoms with Gasteiger partial charge in [-0.15, -0.1) is 0 Å². The Morgan fingerprint density at radius 2 is 2.13 bits per heavy atom. The summed E-state index contributed by atoms with van der Waals surface area (Å²) in [6.07, 6.45) is 1.19. The zero-order valence-electron chi connectivity index (χ0n) is 9.46. The fourth-order valence-electron chi connectivity index (χ4n) is 1.84. The van der Waals surface area contributed by atoms with Crippen LogP contribution in [0.5, 0.6) is 0 Å². The van der Waals surface area contributed by atoms with Gasteiger partial charge in [0.1, 0.15) is 6.07 Å². The van der Waals surface area contributed by atoms with Crippen molar-refractivity contribution in [2.45, 2.75) is 33.2 Å². The van der Waals surface area contributed by atoms with Crippen LogP contribution in [0, 0.1) is 23.7 Å². The highest BCUT2D eigenvalue weighted by atomic mass is 15.0. The Kier molecular flexibility index (Phi) is 2.19. The molecule has 1 N–H and O–H groups in total. The number of anilines is 1. The standard InChI is InChI=1S/C13H16N2/c1-9-5-4-6-10(8-14)12(9)15-11-7-13(11,2)3/h4-6,11,15H,7H2,1-3H3. The van der Waals surface area contributed by atoms with Gasteiger partial charge in [0.05, 0.1) is 11.3 Å². The van der Waals surface area contributed by atoms with E-state index in [1.165, 1.54) is 6.42 Å². The summed E-state index contributed by atoms with van der Waals surface area (Å²) < 4.78 is 0. The van der Waals surface area contributed by atoms with Crippen LogP contribution in [-0.4, -0.2) is 6.04 Å². The second-order valence-electron chi connectivity index (χ2n) is 5.00. The van der Waals surface area contributed by atoms with Gasteiger partial charge in [0.15, 0.2) is 0 Å². The Bertz CT molecular complexity index is 427. The Hall–Kier alpha value is -1.49. The number of para-hydroxylation sites is 1. The van der Waals surface area contributed by atoms with Crippen LogP contribution in [0.4, 0.5) is 5.69 Å². The van der Waals surface area contributed by atoms with E-state index < -0.39 is 0 Å². The first-order valence-corrected chi connectivity index (χ1v) is 5.31. The summed E-state index contributed by atoms with van der Waals surface area (Å²) in [5.74, 6) is 0. The molecule has 0 heterocycles. The predicted octanol–water partition coefficient (Wildman–Crippen LogP) is 3.08. The molecule has 1 aliphatic carbocycles. The molecule has 0 radical (unpaired) electrons. The van der Waals surface area contributed by atoms with Crippen LogP contribution in [0.15, 0.2) is 18.2 Å². The van der Waals surface area contributed by atoms with Gasteiger partial charge in [-0.1, -0.05) is 26.0 Å². The van der Waals surface area contributed by atoms with E-state index in [1.54, 1.807) is 0 Å². The van der Waals surface area contributed by atoms with E-state index in [0.29, 0.717) is 11.5 Å². The van der Waals surface area contributed by atoms with Crippen molar-refractivity contribution >= 4 is 5.69 Å². The van der Waals surface area contributed by atoms with Crippen LogP contribution in [0.2, 0.25) is 0 Å². The maximum atomic E-state index is 9.02. The number of benzene rings is 1. The molecule has 0 spiro atoms. The topological polar surface area (TPSA) is 35.8 Å². The minimum absolute atomic E-state index is 0.384. The number of nitrogens with zero attached hydrogens (tertiary/aromatic N) is 1. The molecular weight excluding hydrogens is 184 g/mol. The molecule has 1 saturated carbocycles. The van der Waals surface area contributed by atoms with Crippen LogP contribution >= 0.6 is 0 Å². The van der Waals surface area contributed by atoms with E-state index in [0.717, 1.165) is 16.8 Å². The molecule has 78 valence electrons.